The quantitative estimate of drug-likeness (QED) is 0.244. The first-order chi connectivity index (χ1) is 18.3. The molecule has 8 nitrogen and oxygen atoms in total. The van der Waals surface area contributed by atoms with Crippen molar-refractivity contribution in [2.45, 2.75) is 44.0 Å². The molecule has 0 atom stereocenters. The molecular formula is C29H34N6O2S. The second-order valence-electron chi connectivity index (χ2n) is 9.77. The lowest BCUT2D eigenvalue weighted by Gasteiger charge is -2.17. The molecule has 3 N–H and O–H groups in total. The molecule has 0 saturated heterocycles. The fourth-order valence-corrected chi connectivity index (χ4v) is 6.38. The van der Waals surface area contributed by atoms with E-state index in [1.165, 1.54) is 0 Å². The summed E-state index contributed by atoms with van der Waals surface area (Å²) < 4.78 is 31.7. The van der Waals surface area contributed by atoms with Gasteiger partial charge in [-0.05, 0) is 31.0 Å². The molecule has 0 aliphatic heterocycles. The number of hydrogen-bond donors (Lipinski definition) is 2. The van der Waals surface area contributed by atoms with Crippen LogP contribution in [0.1, 0.15) is 32.0 Å². The minimum atomic E-state index is -3.70. The number of nitrogens with zero attached hydrogens (tertiary/aromatic N) is 4. The van der Waals surface area contributed by atoms with Gasteiger partial charge in [-0.25, -0.2) is 23.1 Å². The zero-order valence-electron chi connectivity index (χ0n) is 22.1. The average Bonchev–Trinajstić information content (AvgIpc) is 3.28. The molecule has 2 heterocycles. The summed E-state index contributed by atoms with van der Waals surface area (Å²) in [5.41, 5.74) is 9.79. The third-order valence-electron chi connectivity index (χ3n) is 6.92. The highest BCUT2D eigenvalue weighted by Gasteiger charge is 2.20. The first-order valence-electron chi connectivity index (χ1n) is 13.0. The lowest BCUT2D eigenvalue weighted by atomic mass is 10.1. The maximum atomic E-state index is 13.4. The number of nitrogens with two attached hydrogens (primary N) is 1. The Bertz CT molecular complexity index is 1730. The number of pyridine rings is 1. The largest absolute Gasteiger partial charge is 0.382 e. The number of fused-ring (bicyclic) bond motifs is 4. The predicted octanol–water partition coefficient (Wildman–Crippen LogP) is 5.10. The van der Waals surface area contributed by atoms with E-state index in [1.54, 1.807) is 12.1 Å². The topological polar surface area (TPSA) is 106 Å². The van der Waals surface area contributed by atoms with Gasteiger partial charge in [-0.3, -0.25) is 0 Å². The van der Waals surface area contributed by atoms with Crippen LogP contribution in [-0.2, 0) is 23.0 Å². The first-order valence-corrected chi connectivity index (χ1v) is 14.5. The summed E-state index contributed by atoms with van der Waals surface area (Å²) in [5.74, 6) is 1.38. The van der Waals surface area contributed by atoms with Crippen LogP contribution in [0.5, 0.6) is 0 Å². The summed E-state index contributed by atoms with van der Waals surface area (Å²) in [6, 6.07) is 19.1. The normalized spacial score (nSPS) is 12.1. The van der Waals surface area contributed by atoms with Gasteiger partial charge in [0.25, 0.3) is 0 Å². The molecule has 0 aliphatic carbocycles. The monoisotopic (exact) mass is 530 g/mol. The number of nitrogen functional groups attached to an aromatic ring is 1. The molecule has 2 aromatic heterocycles. The Kier molecular flexibility index (Phi) is 7.23. The number of rotatable bonds is 10. The highest BCUT2D eigenvalue weighted by Crippen LogP contribution is 2.31. The van der Waals surface area contributed by atoms with Crippen molar-refractivity contribution in [3.8, 4) is 0 Å². The van der Waals surface area contributed by atoms with Crippen LogP contribution in [0, 0.1) is 0 Å². The zero-order chi connectivity index (χ0) is 26.9. The van der Waals surface area contributed by atoms with E-state index in [-0.39, 0.29) is 0 Å². The standard InChI is InChI=1S/C29H34N6O2S/c1-4-5-17-26-33-27-28(22-11-6-7-14-23(22)32-29(27)30)35(26)19-10-18-31-38(36,37)25-16-9-12-20-21(25)13-8-15-24(20)34(2)3/h6-9,11-16,31H,4-5,10,17-19H2,1-3H3,(H2,30,32). The Morgan fingerprint density at radius 2 is 1.66 bits per heavy atom. The van der Waals surface area contributed by atoms with Gasteiger partial charge >= 0.3 is 0 Å². The summed E-state index contributed by atoms with van der Waals surface area (Å²) in [4.78, 5) is 11.7. The summed E-state index contributed by atoms with van der Waals surface area (Å²) in [6.45, 7) is 3.07. The Hall–Kier alpha value is -3.69. The summed E-state index contributed by atoms with van der Waals surface area (Å²) in [7, 11) is 0.206. The lowest BCUT2D eigenvalue weighted by molar-refractivity contribution is 0.567. The fraction of sp³-hybridized carbons (Fsp3) is 0.310. The first kappa shape index (κ1) is 25.9. The molecule has 0 amide bonds. The number of anilines is 2. The van der Waals surface area contributed by atoms with Crippen LogP contribution in [0.3, 0.4) is 0 Å². The number of hydrogen-bond acceptors (Lipinski definition) is 6. The Morgan fingerprint density at radius 3 is 2.45 bits per heavy atom. The van der Waals surface area contributed by atoms with Gasteiger partial charge in [0.1, 0.15) is 11.3 Å². The van der Waals surface area contributed by atoms with Crippen molar-refractivity contribution >= 4 is 54.2 Å². The number of nitrogens with one attached hydrogen (secondary N) is 1. The molecular weight excluding hydrogens is 496 g/mol. The number of sulfonamides is 1. The summed E-state index contributed by atoms with van der Waals surface area (Å²) in [6.07, 6.45) is 3.50. The molecule has 0 unspecified atom stereocenters. The van der Waals surface area contributed by atoms with E-state index in [0.717, 1.165) is 52.6 Å². The van der Waals surface area contributed by atoms with Gasteiger partial charge in [0.2, 0.25) is 10.0 Å². The van der Waals surface area contributed by atoms with E-state index in [2.05, 4.69) is 21.2 Å². The number of aromatic nitrogens is 3. The van der Waals surface area contributed by atoms with Gasteiger partial charge in [0, 0.05) is 55.5 Å². The van der Waals surface area contributed by atoms with E-state index >= 15 is 0 Å². The van der Waals surface area contributed by atoms with Crippen LogP contribution >= 0.6 is 0 Å². The Labute approximate surface area is 223 Å². The molecule has 0 saturated carbocycles. The summed E-state index contributed by atoms with van der Waals surface area (Å²) >= 11 is 0. The highest BCUT2D eigenvalue weighted by atomic mass is 32.2. The molecule has 0 bridgehead atoms. The van der Waals surface area contributed by atoms with Gasteiger partial charge in [0.15, 0.2) is 5.82 Å². The van der Waals surface area contributed by atoms with Crippen molar-refractivity contribution in [3.63, 3.8) is 0 Å². The fourth-order valence-electron chi connectivity index (χ4n) is 5.08. The van der Waals surface area contributed by atoms with Crippen LogP contribution in [0.25, 0.3) is 32.7 Å². The molecule has 38 heavy (non-hydrogen) atoms. The second-order valence-corrected chi connectivity index (χ2v) is 11.5. The Morgan fingerprint density at radius 1 is 0.921 bits per heavy atom. The lowest BCUT2D eigenvalue weighted by Crippen LogP contribution is -2.26. The molecule has 5 rings (SSSR count). The third kappa shape index (κ3) is 4.79. The average molecular weight is 531 g/mol. The van der Waals surface area contributed by atoms with E-state index in [1.807, 2.05) is 67.5 Å². The SMILES string of the molecule is CCCCc1nc2c(N)nc3ccccc3c2n1CCCNS(=O)(=O)c1cccc2c(N(C)C)cccc12. The van der Waals surface area contributed by atoms with E-state index in [0.29, 0.717) is 41.1 Å². The van der Waals surface area contributed by atoms with Crippen LogP contribution in [-0.4, -0.2) is 43.6 Å². The van der Waals surface area contributed by atoms with Gasteiger partial charge in [-0.2, -0.15) is 0 Å². The van der Waals surface area contributed by atoms with Gasteiger partial charge in [-0.15, -0.1) is 0 Å². The van der Waals surface area contributed by atoms with Gasteiger partial charge < -0.3 is 15.2 Å². The smallest absolute Gasteiger partial charge is 0.241 e. The molecule has 0 fully saturated rings. The van der Waals surface area contributed by atoms with Crippen molar-refractivity contribution in [2.24, 2.45) is 0 Å². The number of unbranched alkanes of at least 4 members (excludes halogenated alkanes) is 1. The van der Waals surface area contributed by atoms with Gasteiger partial charge in [-0.1, -0.05) is 55.8 Å². The van der Waals surface area contributed by atoms with Crippen molar-refractivity contribution in [2.75, 3.05) is 31.3 Å². The predicted molar refractivity (Wildman–Crippen MR) is 156 cm³/mol. The highest BCUT2D eigenvalue weighted by molar-refractivity contribution is 7.89. The molecule has 0 spiro atoms. The minimum Gasteiger partial charge on any atom is -0.382 e. The molecule has 0 aliphatic rings. The molecule has 9 heteroatoms. The number of imidazole rings is 1. The number of para-hydroxylation sites is 1. The van der Waals surface area contributed by atoms with Crippen LogP contribution < -0.4 is 15.4 Å². The molecule has 198 valence electrons. The van der Waals surface area contributed by atoms with Crippen molar-refractivity contribution in [3.05, 3.63) is 66.5 Å². The second kappa shape index (κ2) is 10.6. The summed E-state index contributed by atoms with van der Waals surface area (Å²) in [5, 5.41) is 2.62. The van der Waals surface area contributed by atoms with Crippen LogP contribution in [0.4, 0.5) is 11.5 Å². The van der Waals surface area contributed by atoms with Crippen LogP contribution in [0.2, 0.25) is 0 Å². The molecule has 3 aromatic carbocycles. The molecule has 0 radical (unpaired) electrons. The zero-order valence-corrected chi connectivity index (χ0v) is 22.9. The van der Waals surface area contributed by atoms with Gasteiger partial charge in [0.05, 0.1) is 15.9 Å². The Balaban J connectivity index is 1.41. The van der Waals surface area contributed by atoms with Crippen LogP contribution in [0.15, 0.2) is 65.6 Å². The van der Waals surface area contributed by atoms with E-state index < -0.39 is 10.0 Å². The number of benzene rings is 3. The molecule has 5 aromatic rings. The van der Waals surface area contributed by atoms with E-state index in [9.17, 15) is 8.42 Å². The van der Waals surface area contributed by atoms with Crippen molar-refractivity contribution in [1.29, 1.82) is 0 Å². The minimum absolute atomic E-state index is 0.292. The van der Waals surface area contributed by atoms with Crippen molar-refractivity contribution in [1.82, 2.24) is 19.3 Å². The van der Waals surface area contributed by atoms with E-state index in [4.69, 9.17) is 10.7 Å². The number of aryl methyl sites for hydroxylation is 2. The van der Waals surface area contributed by atoms with Crippen molar-refractivity contribution < 1.29 is 8.42 Å². The maximum absolute atomic E-state index is 13.4. The maximum Gasteiger partial charge on any atom is 0.241 e. The third-order valence-corrected chi connectivity index (χ3v) is 8.44.